The molecule has 2 heterocycles. The first-order valence-electron chi connectivity index (χ1n) is 14.0. The Labute approximate surface area is 221 Å². The number of rotatable bonds is 10. The van der Waals surface area contributed by atoms with Crippen molar-refractivity contribution in [2.24, 2.45) is 22.7 Å². The molecule has 2 aromatic rings. The quantitative estimate of drug-likeness (QED) is 0.477. The van der Waals surface area contributed by atoms with Crippen LogP contribution in [0.5, 0.6) is 0 Å². The van der Waals surface area contributed by atoms with E-state index in [1.54, 1.807) is 7.11 Å². The fourth-order valence-corrected chi connectivity index (χ4v) is 6.58. The lowest BCUT2D eigenvalue weighted by Crippen LogP contribution is -2.53. The molecule has 2 N–H and O–H groups in total. The van der Waals surface area contributed by atoms with Gasteiger partial charge >= 0.3 is 0 Å². The number of hydrogen-bond donors (Lipinski definition) is 2. The first-order chi connectivity index (χ1) is 17.6. The summed E-state index contributed by atoms with van der Waals surface area (Å²) in [5.74, 6) is 0.266. The molecule has 0 spiro atoms. The van der Waals surface area contributed by atoms with Gasteiger partial charge in [0.15, 0.2) is 0 Å². The molecular formula is C30H44N4O3. The number of benzene rings is 1. The Morgan fingerprint density at radius 1 is 1.14 bits per heavy atom. The molecule has 1 aliphatic heterocycles. The van der Waals surface area contributed by atoms with Gasteiger partial charge in [-0.1, -0.05) is 45.9 Å². The highest BCUT2D eigenvalue weighted by molar-refractivity contribution is 5.86. The van der Waals surface area contributed by atoms with E-state index in [2.05, 4.69) is 78.3 Å². The first kappa shape index (κ1) is 26.2. The number of aryl methyl sites for hydroxylation is 1. The summed E-state index contributed by atoms with van der Waals surface area (Å²) in [4.78, 5) is 29.0. The van der Waals surface area contributed by atoms with Gasteiger partial charge in [-0.25, -0.2) is 0 Å². The fraction of sp³-hybridized carbons (Fsp3) is 0.667. The van der Waals surface area contributed by atoms with Gasteiger partial charge in [-0.3, -0.25) is 9.59 Å². The zero-order valence-electron chi connectivity index (χ0n) is 23.2. The van der Waals surface area contributed by atoms with E-state index in [9.17, 15) is 9.59 Å². The molecule has 7 nitrogen and oxygen atoms in total. The highest BCUT2D eigenvalue weighted by Crippen LogP contribution is 2.68. The van der Waals surface area contributed by atoms with Crippen molar-refractivity contribution >= 4 is 22.7 Å². The molecule has 3 fully saturated rings. The Bertz CT molecular complexity index is 1130. The van der Waals surface area contributed by atoms with Gasteiger partial charge in [0, 0.05) is 75.0 Å². The topological polar surface area (TPSA) is 75.6 Å². The summed E-state index contributed by atoms with van der Waals surface area (Å²) in [7, 11) is 1.74. The van der Waals surface area contributed by atoms with Crippen molar-refractivity contribution < 1.29 is 14.3 Å². The predicted octanol–water partition coefficient (Wildman–Crippen LogP) is 3.95. The third-order valence-electron chi connectivity index (χ3n) is 9.56. The van der Waals surface area contributed by atoms with Crippen LogP contribution < -0.4 is 10.6 Å². The van der Waals surface area contributed by atoms with Crippen molar-refractivity contribution in [1.29, 1.82) is 0 Å². The third-order valence-corrected chi connectivity index (χ3v) is 9.56. The third kappa shape index (κ3) is 5.05. The molecule has 202 valence electrons. The maximum absolute atomic E-state index is 13.9. The van der Waals surface area contributed by atoms with Crippen LogP contribution in [0.25, 0.3) is 10.9 Å². The van der Waals surface area contributed by atoms with E-state index in [1.165, 1.54) is 16.5 Å². The number of nitrogens with zero attached hydrogens (tertiary/aromatic N) is 2. The summed E-state index contributed by atoms with van der Waals surface area (Å²) < 4.78 is 7.56. The first-order valence-corrected chi connectivity index (χ1v) is 14.0. The van der Waals surface area contributed by atoms with Gasteiger partial charge in [0.05, 0.1) is 5.92 Å². The molecule has 1 aromatic heterocycles. The molecule has 2 atom stereocenters. The zero-order chi connectivity index (χ0) is 26.4. The second-order valence-corrected chi connectivity index (χ2v) is 12.6. The van der Waals surface area contributed by atoms with Gasteiger partial charge in [0.2, 0.25) is 11.8 Å². The minimum Gasteiger partial charge on any atom is -0.385 e. The molecule has 2 amide bonds. The minimum absolute atomic E-state index is 0.00819. The molecule has 0 radical (unpaired) electrons. The maximum Gasteiger partial charge on any atom is 0.227 e. The van der Waals surface area contributed by atoms with Crippen molar-refractivity contribution in [2.45, 2.75) is 78.6 Å². The number of amides is 2. The number of hydrogen-bond acceptors (Lipinski definition) is 4. The van der Waals surface area contributed by atoms with Crippen molar-refractivity contribution in [3.05, 3.63) is 36.0 Å². The van der Waals surface area contributed by atoms with Crippen molar-refractivity contribution in [3.63, 3.8) is 0 Å². The van der Waals surface area contributed by atoms with Crippen LogP contribution in [0.4, 0.5) is 0 Å². The van der Waals surface area contributed by atoms with Crippen LogP contribution in [0.2, 0.25) is 0 Å². The fourth-order valence-electron chi connectivity index (χ4n) is 6.58. The lowest BCUT2D eigenvalue weighted by Gasteiger charge is -2.34. The predicted molar refractivity (Wildman–Crippen MR) is 146 cm³/mol. The van der Waals surface area contributed by atoms with Crippen LogP contribution >= 0.6 is 0 Å². The molecule has 7 heteroatoms. The maximum atomic E-state index is 13.9. The number of nitrogens with one attached hydrogen (secondary N) is 2. The van der Waals surface area contributed by atoms with E-state index in [0.29, 0.717) is 25.6 Å². The van der Waals surface area contributed by atoms with E-state index in [4.69, 9.17) is 4.74 Å². The number of piperidine rings is 1. The molecule has 3 aliphatic rings. The summed E-state index contributed by atoms with van der Waals surface area (Å²) in [5, 5.41) is 7.93. The highest BCUT2D eigenvalue weighted by atomic mass is 16.5. The summed E-state index contributed by atoms with van der Waals surface area (Å²) in [6.45, 7) is 12.4. The van der Waals surface area contributed by atoms with Crippen LogP contribution in [0.15, 0.2) is 30.5 Å². The van der Waals surface area contributed by atoms with Crippen molar-refractivity contribution in [1.82, 2.24) is 20.1 Å². The van der Waals surface area contributed by atoms with E-state index < -0.39 is 0 Å². The molecule has 0 bridgehead atoms. The molecule has 1 saturated heterocycles. The molecule has 5 rings (SSSR count). The van der Waals surface area contributed by atoms with Crippen LogP contribution in [0, 0.1) is 22.7 Å². The van der Waals surface area contributed by atoms with E-state index in [0.717, 1.165) is 39.0 Å². The number of carbonyl (C=O) groups excluding carboxylic acids is 2. The summed E-state index contributed by atoms with van der Waals surface area (Å²) in [5.41, 5.74) is 2.45. The van der Waals surface area contributed by atoms with E-state index in [1.807, 2.05) is 0 Å². The Kier molecular flexibility index (Phi) is 7.14. The van der Waals surface area contributed by atoms with Gasteiger partial charge in [0.25, 0.3) is 0 Å². The standard InChI is InChI=1S/C30H44N4O3/c1-29(2)26(30(29,3)4)27(35)32-22-15-20(16-31-17-22)28(36)34(23-11-12-23)19-21-18-33(13-8-14-37-5)25-10-7-6-9-24(21)25/h6-7,9-10,18,20,22-23,26,31H,8,11-17,19H2,1-5H3,(H,32,35)/t20-,22+/m0/s1. The summed E-state index contributed by atoms with van der Waals surface area (Å²) >= 11 is 0. The number of para-hydroxylation sites is 1. The van der Waals surface area contributed by atoms with Gasteiger partial charge in [-0.05, 0) is 48.1 Å². The van der Waals surface area contributed by atoms with Crippen LogP contribution in [-0.2, 0) is 27.4 Å². The Morgan fingerprint density at radius 3 is 2.54 bits per heavy atom. The van der Waals surface area contributed by atoms with Gasteiger partial charge in [-0.15, -0.1) is 0 Å². The second-order valence-electron chi connectivity index (χ2n) is 12.6. The lowest BCUT2D eigenvalue weighted by molar-refractivity contribution is -0.138. The molecule has 2 aliphatic carbocycles. The largest absolute Gasteiger partial charge is 0.385 e. The van der Waals surface area contributed by atoms with Crippen LogP contribution in [0.1, 0.15) is 58.9 Å². The number of methoxy groups -OCH3 is 1. The highest BCUT2D eigenvalue weighted by Gasteiger charge is 2.68. The Morgan fingerprint density at radius 2 is 1.86 bits per heavy atom. The van der Waals surface area contributed by atoms with Crippen LogP contribution in [-0.4, -0.2) is 60.2 Å². The Hall–Kier alpha value is -2.38. The number of carbonyl (C=O) groups is 2. The van der Waals surface area contributed by atoms with Gasteiger partial charge in [0.1, 0.15) is 0 Å². The van der Waals surface area contributed by atoms with Crippen molar-refractivity contribution in [2.75, 3.05) is 26.8 Å². The Balaban J connectivity index is 1.27. The summed E-state index contributed by atoms with van der Waals surface area (Å²) in [6, 6.07) is 8.80. The molecular weight excluding hydrogens is 464 g/mol. The average molecular weight is 509 g/mol. The van der Waals surface area contributed by atoms with Gasteiger partial charge in [-0.2, -0.15) is 0 Å². The number of ether oxygens (including phenoxy) is 1. The second kappa shape index (κ2) is 10.1. The molecule has 1 aromatic carbocycles. The molecule has 0 unspecified atom stereocenters. The molecule has 2 saturated carbocycles. The lowest BCUT2D eigenvalue weighted by atomic mass is 9.93. The van der Waals surface area contributed by atoms with E-state index in [-0.39, 0.29) is 40.5 Å². The molecule has 37 heavy (non-hydrogen) atoms. The van der Waals surface area contributed by atoms with Crippen molar-refractivity contribution in [3.8, 4) is 0 Å². The minimum atomic E-state index is -0.116. The number of fused-ring (bicyclic) bond motifs is 1. The summed E-state index contributed by atoms with van der Waals surface area (Å²) in [6.07, 6.45) is 6.03. The SMILES string of the molecule is COCCCn1cc(CN(C(=O)[C@@H]2CNC[C@H](NC(=O)C3C(C)(C)C3(C)C)C2)C2CC2)c2ccccc21. The normalized spacial score (nSPS) is 24.7. The van der Waals surface area contributed by atoms with E-state index >= 15 is 0 Å². The van der Waals surface area contributed by atoms with Gasteiger partial charge < -0.3 is 24.8 Å². The number of aromatic nitrogens is 1. The average Bonchev–Trinajstić information content (AvgIpc) is 3.73. The smallest absolute Gasteiger partial charge is 0.227 e. The monoisotopic (exact) mass is 508 g/mol. The zero-order valence-corrected chi connectivity index (χ0v) is 23.2. The van der Waals surface area contributed by atoms with Crippen LogP contribution in [0.3, 0.4) is 0 Å².